The van der Waals surface area contributed by atoms with Crippen molar-refractivity contribution >= 4 is 17.5 Å². The minimum Gasteiger partial charge on any atom is -0.352 e. The van der Waals surface area contributed by atoms with Crippen LogP contribution in [-0.2, 0) is 4.79 Å². The van der Waals surface area contributed by atoms with Gasteiger partial charge in [-0.25, -0.2) is 0 Å². The normalized spacial score (nSPS) is 22.9. The predicted octanol–water partition coefficient (Wildman–Crippen LogP) is 4.14. The SMILES string of the molecule is CCCC(CC)C(=O)N[C@H]1C[C@@H]1c1cccc(Cl)c1. The summed E-state index contributed by atoms with van der Waals surface area (Å²) in [5, 5.41) is 3.95. The monoisotopic (exact) mass is 279 g/mol. The van der Waals surface area contributed by atoms with Crippen LogP contribution >= 0.6 is 11.6 Å². The van der Waals surface area contributed by atoms with Crippen molar-refractivity contribution in [2.24, 2.45) is 5.92 Å². The highest BCUT2D eigenvalue weighted by Crippen LogP contribution is 2.41. The topological polar surface area (TPSA) is 29.1 Å². The Bertz CT molecular complexity index is 446. The predicted molar refractivity (Wildman–Crippen MR) is 79.4 cm³/mol. The first-order valence-corrected chi connectivity index (χ1v) is 7.59. The van der Waals surface area contributed by atoms with Crippen LogP contribution in [0.15, 0.2) is 24.3 Å². The Labute approximate surface area is 120 Å². The van der Waals surface area contributed by atoms with E-state index in [4.69, 9.17) is 11.6 Å². The molecule has 0 aromatic heterocycles. The van der Waals surface area contributed by atoms with E-state index in [-0.39, 0.29) is 11.8 Å². The summed E-state index contributed by atoms with van der Waals surface area (Å²) in [6, 6.07) is 8.25. The smallest absolute Gasteiger partial charge is 0.223 e. The van der Waals surface area contributed by atoms with Crippen molar-refractivity contribution in [1.82, 2.24) is 5.32 Å². The molecule has 0 heterocycles. The molecule has 19 heavy (non-hydrogen) atoms. The van der Waals surface area contributed by atoms with Gasteiger partial charge < -0.3 is 5.32 Å². The van der Waals surface area contributed by atoms with Crippen molar-refractivity contribution in [1.29, 1.82) is 0 Å². The van der Waals surface area contributed by atoms with Crippen molar-refractivity contribution in [3.63, 3.8) is 0 Å². The molecule has 1 fully saturated rings. The number of nitrogens with one attached hydrogen (secondary N) is 1. The molecule has 1 saturated carbocycles. The van der Waals surface area contributed by atoms with E-state index < -0.39 is 0 Å². The molecular formula is C16H22ClNO. The Hall–Kier alpha value is -1.02. The number of carbonyl (C=O) groups is 1. The molecule has 0 saturated heterocycles. The van der Waals surface area contributed by atoms with Gasteiger partial charge in [0.2, 0.25) is 5.91 Å². The number of hydrogen-bond acceptors (Lipinski definition) is 1. The third-order valence-corrected chi connectivity index (χ3v) is 4.13. The second-order valence-electron chi connectivity index (χ2n) is 5.41. The molecule has 1 aromatic rings. The summed E-state index contributed by atoms with van der Waals surface area (Å²) in [6.07, 6.45) is 4.01. The minimum atomic E-state index is 0.172. The number of benzene rings is 1. The van der Waals surface area contributed by atoms with Gasteiger partial charge in [0, 0.05) is 22.9 Å². The molecule has 0 aliphatic heterocycles. The number of rotatable bonds is 6. The zero-order valence-corrected chi connectivity index (χ0v) is 12.4. The lowest BCUT2D eigenvalue weighted by Crippen LogP contribution is -2.32. The van der Waals surface area contributed by atoms with E-state index in [1.807, 2.05) is 18.2 Å². The first kappa shape index (κ1) is 14.4. The van der Waals surface area contributed by atoms with Crippen LogP contribution < -0.4 is 5.32 Å². The fraction of sp³-hybridized carbons (Fsp3) is 0.562. The first-order chi connectivity index (χ1) is 9.15. The molecule has 0 bridgehead atoms. The summed E-state index contributed by atoms with van der Waals surface area (Å²) in [5.74, 6) is 0.839. The van der Waals surface area contributed by atoms with Crippen LogP contribution in [0.3, 0.4) is 0 Å². The molecule has 2 nitrogen and oxygen atoms in total. The van der Waals surface area contributed by atoms with Crippen LogP contribution in [0.25, 0.3) is 0 Å². The number of amides is 1. The second-order valence-corrected chi connectivity index (χ2v) is 5.84. The van der Waals surface area contributed by atoms with Gasteiger partial charge in [-0.1, -0.05) is 44.0 Å². The molecule has 3 atom stereocenters. The van der Waals surface area contributed by atoms with Crippen LogP contribution in [0.4, 0.5) is 0 Å². The second kappa shape index (κ2) is 6.42. The summed E-state index contributed by atoms with van der Waals surface area (Å²) < 4.78 is 0. The molecule has 1 N–H and O–H groups in total. The highest BCUT2D eigenvalue weighted by atomic mass is 35.5. The molecule has 1 aliphatic rings. The van der Waals surface area contributed by atoms with Crippen molar-refractivity contribution in [2.45, 2.75) is 51.5 Å². The average molecular weight is 280 g/mol. The van der Waals surface area contributed by atoms with Gasteiger partial charge in [0.15, 0.2) is 0 Å². The highest BCUT2D eigenvalue weighted by Gasteiger charge is 2.40. The number of hydrogen-bond donors (Lipinski definition) is 1. The maximum atomic E-state index is 12.1. The van der Waals surface area contributed by atoms with Crippen molar-refractivity contribution in [2.75, 3.05) is 0 Å². The van der Waals surface area contributed by atoms with Gasteiger partial charge in [0.05, 0.1) is 0 Å². The Morgan fingerprint density at radius 2 is 2.26 bits per heavy atom. The van der Waals surface area contributed by atoms with Crippen LogP contribution in [-0.4, -0.2) is 11.9 Å². The van der Waals surface area contributed by atoms with Crippen LogP contribution in [0.5, 0.6) is 0 Å². The van der Waals surface area contributed by atoms with Crippen molar-refractivity contribution in [3.05, 3.63) is 34.9 Å². The average Bonchev–Trinajstić information content (AvgIpc) is 3.15. The fourth-order valence-corrected chi connectivity index (χ4v) is 2.83. The van der Waals surface area contributed by atoms with E-state index in [9.17, 15) is 4.79 Å². The lowest BCUT2D eigenvalue weighted by atomic mass is 10.00. The van der Waals surface area contributed by atoms with E-state index in [2.05, 4.69) is 25.2 Å². The third kappa shape index (κ3) is 3.73. The van der Waals surface area contributed by atoms with Crippen molar-refractivity contribution < 1.29 is 4.79 Å². The summed E-state index contributed by atoms with van der Waals surface area (Å²) in [6.45, 7) is 4.21. The standard InChI is InChI=1S/C16H22ClNO/c1-3-6-11(4-2)16(19)18-15-10-14(15)12-7-5-8-13(17)9-12/h5,7-9,11,14-15H,3-4,6,10H2,1-2H3,(H,18,19)/t11?,14-,15+/m1/s1. The van der Waals surface area contributed by atoms with E-state index in [1.165, 1.54) is 5.56 Å². The number of halogens is 1. The quantitative estimate of drug-likeness (QED) is 0.833. The highest BCUT2D eigenvalue weighted by molar-refractivity contribution is 6.30. The molecule has 0 radical (unpaired) electrons. The van der Waals surface area contributed by atoms with E-state index >= 15 is 0 Å². The van der Waals surface area contributed by atoms with Gasteiger partial charge >= 0.3 is 0 Å². The largest absolute Gasteiger partial charge is 0.352 e. The first-order valence-electron chi connectivity index (χ1n) is 7.21. The summed E-state index contributed by atoms with van der Waals surface area (Å²) in [5.41, 5.74) is 1.24. The Morgan fingerprint density at radius 1 is 1.47 bits per heavy atom. The molecule has 1 aliphatic carbocycles. The zero-order valence-electron chi connectivity index (χ0n) is 11.7. The molecule has 1 unspecified atom stereocenters. The van der Waals surface area contributed by atoms with Gasteiger partial charge in [-0.2, -0.15) is 0 Å². The Kier molecular flexibility index (Phi) is 4.87. The molecule has 0 spiro atoms. The van der Waals surface area contributed by atoms with Crippen molar-refractivity contribution in [3.8, 4) is 0 Å². The number of carbonyl (C=O) groups excluding carboxylic acids is 1. The molecular weight excluding hydrogens is 258 g/mol. The van der Waals surface area contributed by atoms with Gasteiger partial charge in [-0.3, -0.25) is 4.79 Å². The molecule has 1 amide bonds. The zero-order chi connectivity index (χ0) is 13.8. The van der Waals surface area contributed by atoms with Gasteiger partial charge in [0.1, 0.15) is 0 Å². The van der Waals surface area contributed by atoms with E-state index in [0.717, 1.165) is 30.7 Å². The van der Waals surface area contributed by atoms with E-state index in [0.29, 0.717) is 12.0 Å². The molecule has 1 aromatic carbocycles. The Balaban J connectivity index is 1.88. The van der Waals surface area contributed by atoms with Crippen LogP contribution in [0.2, 0.25) is 5.02 Å². The maximum Gasteiger partial charge on any atom is 0.223 e. The molecule has 104 valence electrons. The lowest BCUT2D eigenvalue weighted by molar-refractivity contribution is -0.125. The van der Waals surface area contributed by atoms with Crippen LogP contribution in [0, 0.1) is 5.92 Å². The van der Waals surface area contributed by atoms with Crippen LogP contribution in [0.1, 0.15) is 51.0 Å². The lowest BCUT2D eigenvalue weighted by Gasteiger charge is -2.14. The minimum absolute atomic E-state index is 0.172. The summed E-state index contributed by atoms with van der Waals surface area (Å²) in [7, 11) is 0. The summed E-state index contributed by atoms with van der Waals surface area (Å²) in [4.78, 5) is 12.1. The maximum absolute atomic E-state index is 12.1. The fourth-order valence-electron chi connectivity index (χ4n) is 2.63. The van der Waals surface area contributed by atoms with E-state index in [1.54, 1.807) is 0 Å². The van der Waals surface area contributed by atoms with Gasteiger partial charge in [-0.05, 0) is 37.0 Å². The Morgan fingerprint density at radius 3 is 2.89 bits per heavy atom. The van der Waals surface area contributed by atoms with Gasteiger partial charge in [0.25, 0.3) is 0 Å². The van der Waals surface area contributed by atoms with Gasteiger partial charge in [-0.15, -0.1) is 0 Å². The summed E-state index contributed by atoms with van der Waals surface area (Å²) >= 11 is 6.00. The molecule has 2 rings (SSSR count). The third-order valence-electron chi connectivity index (χ3n) is 3.90. The molecule has 3 heteroatoms.